The van der Waals surface area contributed by atoms with Gasteiger partial charge in [0.2, 0.25) is 5.91 Å². The minimum absolute atomic E-state index is 0.0201. The van der Waals surface area contributed by atoms with E-state index in [-0.39, 0.29) is 36.7 Å². The maximum Gasteiger partial charge on any atom is 0.323 e. The van der Waals surface area contributed by atoms with Gasteiger partial charge in [0.1, 0.15) is 18.5 Å². The Morgan fingerprint density at radius 3 is 2.61 bits per heavy atom. The summed E-state index contributed by atoms with van der Waals surface area (Å²) in [5.74, 6) is 0.208. The van der Waals surface area contributed by atoms with Gasteiger partial charge in [0, 0.05) is 25.0 Å². The van der Waals surface area contributed by atoms with E-state index in [9.17, 15) is 14.4 Å². The number of benzene rings is 2. The number of aryl methyl sites for hydroxylation is 1. The summed E-state index contributed by atoms with van der Waals surface area (Å²) < 4.78 is 12.2. The van der Waals surface area contributed by atoms with Crippen LogP contribution >= 0.6 is 0 Å². The average Bonchev–Trinajstić information content (AvgIpc) is 2.85. The van der Waals surface area contributed by atoms with Gasteiger partial charge in [-0.05, 0) is 62.1 Å². The van der Waals surface area contributed by atoms with Crippen molar-refractivity contribution < 1.29 is 23.9 Å². The van der Waals surface area contributed by atoms with Crippen molar-refractivity contribution in [2.45, 2.75) is 57.8 Å². The number of ether oxygens (including phenoxy) is 2. The second kappa shape index (κ2) is 11.4. The molecule has 2 aliphatic rings. The van der Waals surface area contributed by atoms with Gasteiger partial charge in [-0.3, -0.25) is 9.59 Å². The van der Waals surface area contributed by atoms with E-state index in [0.29, 0.717) is 48.5 Å². The highest BCUT2D eigenvalue weighted by molar-refractivity contribution is 6.02. The number of hydrogen-bond acceptors (Lipinski definition) is 5. The number of carbonyl (C=O) groups is 3. The number of nitrogens with zero attached hydrogens (tertiary/aromatic N) is 1. The summed E-state index contributed by atoms with van der Waals surface area (Å²) in [7, 11) is 1.76. The quantitative estimate of drug-likeness (QED) is 0.564. The smallest absolute Gasteiger partial charge is 0.323 e. The first kappa shape index (κ1) is 25.5. The number of carbonyl (C=O) groups excluding carboxylic acids is 3. The van der Waals surface area contributed by atoms with Crippen molar-refractivity contribution in [2.75, 3.05) is 30.8 Å². The first-order valence-corrected chi connectivity index (χ1v) is 12.4. The van der Waals surface area contributed by atoms with Crippen molar-refractivity contribution in [3.63, 3.8) is 0 Å². The molecule has 4 amide bonds. The van der Waals surface area contributed by atoms with Crippen molar-refractivity contribution in [3.05, 3.63) is 53.6 Å². The van der Waals surface area contributed by atoms with Crippen molar-refractivity contribution in [2.24, 2.45) is 0 Å². The lowest BCUT2D eigenvalue weighted by molar-refractivity contribution is -0.134. The Balaban J connectivity index is 1.43. The lowest BCUT2D eigenvalue weighted by atomic mass is 9.94. The summed E-state index contributed by atoms with van der Waals surface area (Å²) in [6, 6.07) is 12.0. The highest BCUT2D eigenvalue weighted by Crippen LogP contribution is 2.32. The lowest BCUT2D eigenvalue weighted by Gasteiger charge is -2.42. The molecule has 2 heterocycles. The maximum absolute atomic E-state index is 13.4. The van der Waals surface area contributed by atoms with Crippen LogP contribution in [0.15, 0.2) is 42.5 Å². The average molecular weight is 495 g/mol. The van der Waals surface area contributed by atoms with Gasteiger partial charge in [-0.15, -0.1) is 0 Å². The molecule has 0 saturated carbocycles. The normalized spacial score (nSPS) is 21.2. The predicted molar refractivity (Wildman–Crippen MR) is 137 cm³/mol. The predicted octanol–water partition coefficient (Wildman–Crippen LogP) is 3.94. The van der Waals surface area contributed by atoms with Crippen LogP contribution in [-0.4, -0.2) is 61.2 Å². The van der Waals surface area contributed by atoms with Crippen molar-refractivity contribution >= 4 is 29.2 Å². The third-order valence-corrected chi connectivity index (χ3v) is 6.53. The number of fused-ring (bicyclic) bond motifs is 2. The Hall–Kier alpha value is -3.59. The number of rotatable bonds is 6. The van der Waals surface area contributed by atoms with E-state index in [2.05, 4.69) is 16.0 Å². The van der Waals surface area contributed by atoms with Crippen LogP contribution in [0.4, 0.5) is 16.2 Å². The summed E-state index contributed by atoms with van der Waals surface area (Å²) in [5.41, 5.74) is 2.59. The largest absolute Gasteiger partial charge is 0.490 e. The Morgan fingerprint density at radius 2 is 1.86 bits per heavy atom. The van der Waals surface area contributed by atoms with Gasteiger partial charge in [-0.1, -0.05) is 19.1 Å². The van der Waals surface area contributed by atoms with Crippen LogP contribution in [0.1, 0.15) is 48.5 Å². The van der Waals surface area contributed by atoms with Gasteiger partial charge >= 0.3 is 6.03 Å². The number of amides is 4. The molecule has 0 radical (unpaired) electrons. The number of nitrogens with one attached hydrogen (secondary N) is 3. The number of likely N-dealkylation sites (N-methyl/N-ethyl adjacent to an activating group) is 1. The van der Waals surface area contributed by atoms with Gasteiger partial charge in [-0.25, -0.2) is 4.79 Å². The molecule has 2 aromatic rings. The summed E-state index contributed by atoms with van der Waals surface area (Å²) in [4.78, 5) is 39.7. The SMILES string of the molecule is CCCNC(=O)C[C@H]1CC[C@@H]2[C@H](COc3ccc(NC(=O)Nc4cccc(C)c4)cc3C(=O)N2C)O1. The fourth-order valence-electron chi connectivity index (χ4n) is 4.66. The second-order valence-corrected chi connectivity index (χ2v) is 9.38. The Bertz CT molecular complexity index is 1120. The van der Waals surface area contributed by atoms with Gasteiger partial charge < -0.3 is 30.3 Å². The molecule has 2 aromatic carbocycles. The molecule has 0 unspecified atom stereocenters. The van der Waals surface area contributed by atoms with Crippen LogP contribution in [0.5, 0.6) is 5.75 Å². The topological polar surface area (TPSA) is 109 Å². The molecule has 3 atom stereocenters. The minimum atomic E-state index is -0.400. The van der Waals surface area contributed by atoms with E-state index in [1.165, 1.54) is 0 Å². The van der Waals surface area contributed by atoms with Crippen molar-refractivity contribution in [1.82, 2.24) is 10.2 Å². The van der Waals surface area contributed by atoms with E-state index < -0.39 is 6.03 Å². The summed E-state index contributed by atoms with van der Waals surface area (Å²) in [6.07, 6.45) is 2.06. The number of urea groups is 1. The third-order valence-electron chi connectivity index (χ3n) is 6.53. The fourth-order valence-corrected chi connectivity index (χ4v) is 4.66. The van der Waals surface area contributed by atoms with E-state index in [4.69, 9.17) is 9.47 Å². The molecule has 9 heteroatoms. The van der Waals surface area contributed by atoms with E-state index >= 15 is 0 Å². The van der Waals surface area contributed by atoms with Crippen LogP contribution in [0, 0.1) is 6.92 Å². The molecule has 0 bridgehead atoms. The van der Waals surface area contributed by atoms with Crippen molar-refractivity contribution in [1.29, 1.82) is 0 Å². The molecular formula is C27H34N4O5. The highest BCUT2D eigenvalue weighted by Gasteiger charge is 2.39. The molecule has 1 fully saturated rings. The first-order valence-electron chi connectivity index (χ1n) is 12.4. The monoisotopic (exact) mass is 494 g/mol. The van der Waals surface area contributed by atoms with Gasteiger partial charge in [0.25, 0.3) is 5.91 Å². The van der Waals surface area contributed by atoms with Gasteiger partial charge in [-0.2, -0.15) is 0 Å². The summed E-state index contributed by atoms with van der Waals surface area (Å²) in [6.45, 7) is 4.88. The summed E-state index contributed by atoms with van der Waals surface area (Å²) in [5, 5.41) is 8.47. The number of anilines is 2. The molecule has 3 N–H and O–H groups in total. The highest BCUT2D eigenvalue weighted by atomic mass is 16.5. The van der Waals surface area contributed by atoms with E-state index in [1.807, 2.05) is 38.1 Å². The van der Waals surface area contributed by atoms with Crippen LogP contribution < -0.4 is 20.7 Å². The summed E-state index contributed by atoms with van der Waals surface area (Å²) >= 11 is 0. The third kappa shape index (κ3) is 6.15. The van der Waals surface area contributed by atoms with Gasteiger partial charge in [0.15, 0.2) is 0 Å². The first-order chi connectivity index (χ1) is 17.3. The zero-order valence-electron chi connectivity index (χ0n) is 21.0. The molecule has 1 saturated heterocycles. The maximum atomic E-state index is 13.4. The molecule has 0 aromatic heterocycles. The minimum Gasteiger partial charge on any atom is -0.490 e. The fraction of sp³-hybridized carbons (Fsp3) is 0.444. The Kier molecular flexibility index (Phi) is 8.10. The molecule has 2 aliphatic heterocycles. The van der Waals surface area contributed by atoms with Crippen LogP contribution in [0.2, 0.25) is 0 Å². The van der Waals surface area contributed by atoms with Crippen molar-refractivity contribution in [3.8, 4) is 5.75 Å². The van der Waals surface area contributed by atoms with E-state index in [0.717, 1.165) is 12.0 Å². The van der Waals surface area contributed by atoms with Crippen LogP contribution in [0.3, 0.4) is 0 Å². The van der Waals surface area contributed by atoms with Gasteiger partial charge in [0.05, 0.1) is 24.1 Å². The standard InChI is InChI=1S/C27H34N4O5/c1-4-12-28-25(32)15-20-9-10-22-24(36-20)16-35-23-11-8-19(14-21(23)26(33)31(22)3)30-27(34)29-18-7-5-6-17(2)13-18/h5-8,11,13-14,20,22,24H,4,9-10,12,15-16H2,1-3H3,(H,28,32)(H2,29,30,34)/t20-,22-,24+/m1/s1. The molecule has 4 rings (SSSR count). The lowest BCUT2D eigenvalue weighted by Crippen LogP contribution is -2.54. The molecule has 0 spiro atoms. The Labute approximate surface area is 211 Å². The molecule has 0 aliphatic carbocycles. The van der Waals surface area contributed by atoms with Crippen LogP contribution in [-0.2, 0) is 9.53 Å². The second-order valence-electron chi connectivity index (χ2n) is 9.38. The van der Waals surface area contributed by atoms with E-state index in [1.54, 1.807) is 30.1 Å². The van der Waals surface area contributed by atoms with Crippen LogP contribution in [0.25, 0.3) is 0 Å². The molecule has 192 valence electrons. The zero-order chi connectivity index (χ0) is 25.7. The Morgan fingerprint density at radius 1 is 1.08 bits per heavy atom. The molecular weight excluding hydrogens is 460 g/mol. The molecule has 9 nitrogen and oxygen atoms in total. The zero-order valence-corrected chi connectivity index (χ0v) is 21.0. The molecule has 36 heavy (non-hydrogen) atoms. The number of hydrogen-bond donors (Lipinski definition) is 3.